The molecule has 0 atom stereocenters. The standard InChI is InChI=1S/C51H54N4O.Pt/c1-5-35-30-36(6-2)48(37(7-3)31-35)49-50(38-17-10-8-11-18-38)53-55(51(49)39-19-12-9-13-20-39)40-21-16-22-41(32-40)56-42-25-26-44-43-23-14-15-24-45(43)54(46(44)33-42)47-29-34(4)27-28-52-47;/h14-16,21-31,38-39H,5-13,17-20H2,1-4H3;/q-2;+2. The third-order valence-corrected chi connectivity index (χ3v) is 12.6. The summed E-state index contributed by atoms with van der Waals surface area (Å²) in [5, 5.41) is 8.02. The van der Waals surface area contributed by atoms with Crippen molar-refractivity contribution in [2.45, 2.75) is 123 Å². The summed E-state index contributed by atoms with van der Waals surface area (Å²) in [4.78, 5) is 4.77. The molecule has 0 radical (unpaired) electrons. The van der Waals surface area contributed by atoms with Crippen molar-refractivity contribution >= 4 is 21.8 Å². The molecule has 57 heavy (non-hydrogen) atoms. The second-order valence-electron chi connectivity index (χ2n) is 16.2. The molecule has 294 valence electrons. The van der Waals surface area contributed by atoms with E-state index in [1.165, 1.54) is 109 Å². The van der Waals surface area contributed by atoms with Crippen LogP contribution in [0, 0.1) is 19.1 Å². The average molecular weight is 934 g/mol. The largest absolute Gasteiger partial charge is 2.00 e. The van der Waals surface area contributed by atoms with Crippen molar-refractivity contribution in [2.24, 2.45) is 0 Å². The third kappa shape index (κ3) is 7.53. The minimum Gasteiger partial charge on any atom is -0.509 e. The van der Waals surface area contributed by atoms with E-state index in [0.717, 1.165) is 52.8 Å². The molecule has 2 fully saturated rings. The third-order valence-electron chi connectivity index (χ3n) is 12.6. The van der Waals surface area contributed by atoms with Gasteiger partial charge in [-0.05, 0) is 109 Å². The zero-order valence-electron chi connectivity index (χ0n) is 33.9. The average Bonchev–Trinajstić information content (AvgIpc) is 3.80. The SMILES string of the molecule is CCc1cc(CC)c(-c2c(C3CCCCC3)nn(-c3[c-]c(Oc4[c-]c5c(cc4)c4ccccc4n5-c4cc(C)ccn4)ccc3)c2C2CCCCC2)c(CC)c1.[Pt+2]. The van der Waals surface area contributed by atoms with Gasteiger partial charge in [-0.3, -0.25) is 4.68 Å². The van der Waals surface area contributed by atoms with Crippen molar-refractivity contribution in [3.8, 4) is 34.1 Å². The van der Waals surface area contributed by atoms with Crippen LogP contribution in [0.15, 0.2) is 85.1 Å². The molecule has 9 rings (SSSR count). The first-order valence-electron chi connectivity index (χ1n) is 21.4. The molecule has 0 aliphatic heterocycles. The number of para-hydroxylation sites is 1. The molecule has 5 nitrogen and oxygen atoms in total. The van der Waals surface area contributed by atoms with Gasteiger partial charge in [-0.15, -0.1) is 35.7 Å². The van der Waals surface area contributed by atoms with Crippen molar-refractivity contribution < 1.29 is 25.8 Å². The Morgan fingerprint density at radius 3 is 2.09 bits per heavy atom. The van der Waals surface area contributed by atoms with Gasteiger partial charge in [0.25, 0.3) is 0 Å². The van der Waals surface area contributed by atoms with E-state index in [-0.39, 0.29) is 21.1 Å². The van der Waals surface area contributed by atoms with Gasteiger partial charge in [-0.25, -0.2) is 4.98 Å². The van der Waals surface area contributed by atoms with E-state index in [2.05, 4.69) is 110 Å². The van der Waals surface area contributed by atoms with Gasteiger partial charge in [0.2, 0.25) is 0 Å². The van der Waals surface area contributed by atoms with Gasteiger partial charge in [-0.1, -0.05) is 95.1 Å². The van der Waals surface area contributed by atoms with E-state index in [1.54, 1.807) is 0 Å². The smallest absolute Gasteiger partial charge is 0.509 e. The molecular weight excluding hydrogens is 880 g/mol. The Hall–Kier alpha value is -4.47. The van der Waals surface area contributed by atoms with Crippen LogP contribution in [0.1, 0.15) is 130 Å². The van der Waals surface area contributed by atoms with Gasteiger partial charge in [0.05, 0.1) is 11.4 Å². The van der Waals surface area contributed by atoms with E-state index in [0.29, 0.717) is 23.3 Å². The Morgan fingerprint density at radius 1 is 0.684 bits per heavy atom. The fourth-order valence-corrected chi connectivity index (χ4v) is 9.78. The van der Waals surface area contributed by atoms with E-state index in [1.807, 2.05) is 24.4 Å². The van der Waals surface area contributed by atoms with Gasteiger partial charge in [-0.2, -0.15) is 17.2 Å². The van der Waals surface area contributed by atoms with Crippen LogP contribution >= 0.6 is 0 Å². The number of aryl methyl sites for hydroxylation is 4. The summed E-state index contributed by atoms with van der Waals surface area (Å²) in [6.45, 7) is 9.06. The van der Waals surface area contributed by atoms with Crippen LogP contribution in [-0.2, 0) is 40.3 Å². The molecule has 6 heteroatoms. The Bertz CT molecular complexity index is 2490. The van der Waals surface area contributed by atoms with Crippen LogP contribution in [0.5, 0.6) is 11.5 Å². The Kier molecular flexibility index (Phi) is 11.9. The maximum Gasteiger partial charge on any atom is 2.00 e. The van der Waals surface area contributed by atoms with Gasteiger partial charge in [0, 0.05) is 40.6 Å². The van der Waals surface area contributed by atoms with Crippen molar-refractivity contribution in [3.05, 3.63) is 131 Å². The molecule has 2 saturated carbocycles. The molecule has 2 aliphatic rings. The number of fused-ring (bicyclic) bond motifs is 3. The summed E-state index contributed by atoms with van der Waals surface area (Å²) in [6, 6.07) is 35.5. The number of rotatable bonds is 10. The number of nitrogens with zero attached hydrogens (tertiary/aromatic N) is 4. The molecule has 2 aliphatic carbocycles. The summed E-state index contributed by atoms with van der Waals surface area (Å²) in [5.41, 5.74) is 14.2. The summed E-state index contributed by atoms with van der Waals surface area (Å²) < 4.78 is 11.2. The molecule has 0 unspecified atom stereocenters. The van der Waals surface area contributed by atoms with Gasteiger partial charge < -0.3 is 9.30 Å². The van der Waals surface area contributed by atoms with Crippen LogP contribution < -0.4 is 4.74 Å². The minimum absolute atomic E-state index is 0. The topological polar surface area (TPSA) is 44.9 Å². The molecular formula is C51H54N4OPt. The Labute approximate surface area is 353 Å². The zero-order valence-corrected chi connectivity index (χ0v) is 36.2. The summed E-state index contributed by atoms with van der Waals surface area (Å²) in [5.74, 6) is 3.11. The normalized spacial score (nSPS) is 15.3. The Morgan fingerprint density at radius 2 is 1.39 bits per heavy atom. The van der Waals surface area contributed by atoms with Crippen molar-refractivity contribution in [3.63, 3.8) is 0 Å². The molecule has 3 aromatic heterocycles. The molecule has 0 bridgehead atoms. The summed E-state index contributed by atoms with van der Waals surface area (Å²) >= 11 is 0. The van der Waals surface area contributed by atoms with E-state index in [9.17, 15) is 0 Å². The molecule has 0 spiro atoms. The molecule has 0 saturated heterocycles. The van der Waals surface area contributed by atoms with Crippen LogP contribution in [-0.4, -0.2) is 19.3 Å². The predicted octanol–water partition coefficient (Wildman–Crippen LogP) is 13.5. The second-order valence-corrected chi connectivity index (χ2v) is 16.2. The zero-order chi connectivity index (χ0) is 38.2. The van der Waals surface area contributed by atoms with Crippen LogP contribution in [0.2, 0.25) is 0 Å². The van der Waals surface area contributed by atoms with E-state index < -0.39 is 0 Å². The van der Waals surface area contributed by atoms with Crippen molar-refractivity contribution in [1.29, 1.82) is 0 Å². The van der Waals surface area contributed by atoms with E-state index >= 15 is 0 Å². The first kappa shape index (κ1) is 39.4. The molecule has 4 aromatic carbocycles. The first-order chi connectivity index (χ1) is 27.5. The molecule has 0 amide bonds. The number of hydrogen-bond acceptors (Lipinski definition) is 3. The quantitative estimate of drug-likeness (QED) is 0.128. The predicted molar refractivity (Wildman–Crippen MR) is 230 cm³/mol. The van der Waals surface area contributed by atoms with Gasteiger partial charge >= 0.3 is 21.1 Å². The molecule has 0 N–H and O–H groups in total. The van der Waals surface area contributed by atoms with Crippen LogP contribution in [0.3, 0.4) is 0 Å². The fraction of sp³-hybridized carbons (Fsp3) is 0.373. The molecule has 7 aromatic rings. The number of pyridine rings is 1. The maximum atomic E-state index is 6.70. The number of aromatic nitrogens is 4. The summed E-state index contributed by atoms with van der Waals surface area (Å²) in [7, 11) is 0. The van der Waals surface area contributed by atoms with Crippen molar-refractivity contribution in [2.75, 3.05) is 0 Å². The molecule has 3 heterocycles. The van der Waals surface area contributed by atoms with Crippen LogP contribution in [0.4, 0.5) is 0 Å². The van der Waals surface area contributed by atoms with Gasteiger partial charge in [0.15, 0.2) is 0 Å². The Balaban J connectivity index is 0.00000455. The van der Waals surface area contributed by atoms with E-state index in [4.69, 9.17) is 14.8 Å². The monoisotopic (exact) mass is 933 g/mol. The maximum absolute atomic E-state index is 6.70. The number of hydrogen-bond donors (Lipinski definition) is 0. The van der Waals surface area contributed by atoms with Crippen LogP contribution in [0.25, 0.3) is 44.4 Å². The number of ether oxygens (including phenoxy) is 1. The fourth-order valence-electron chi connectivity index (χ4n) is 9.78. The number of benzene rings is 4. The summed E-state index contributed by atoms with van der Waals surface area (Å²) in [6.07, 6.45) is 17.5. The van der Waals surface area contributed by atoms with Gasteiger partial charge in [0.1, 0.15) is 5.82 Å². The van der Waals surface area contributed by atoms with Crippen molar-refractivity contribution in [1.82, 2.24) is 19.3 Å². The second kappa shape index (κ2) is 17.2. The minimum atomic E-state index is 0. The first-order valence-corrected chi connectivity index (χ1v) is 21.4.